The number of nitrogens with zero attached hydrogens (tertiary/aromatic N) is 2. The second kappa shape index (κ2) is 9.32. The van der Waals surface area contributed by atoms with Crippen LogP contribution in [0.3, 0.4) is 0 Å². The number of hydrogen-bond acceptors (Lipinski definition) is 4. The lowest BCUT2D eigenvalue weighted by atomic mass is 10.2. The zero-order valence-electron chi connectivity index (χ0n) is 15.4. The number of benzene rings is 1. The predicted octanol–water partition coefficient (Wildman–Crippen LogP) is 4.39. The van der Waals surface area contributed by atoms with Crippen LogP contribution in [0.15, 0.2) is 23.4 Å². The lowest BCUT2D eigenvalue weighted by molar-refractivity contribution is -0.118. The third kappa shape index (κ3) is 5.41. The van der Waals surface area contributed by atoms with Crippen molar-refractivity contribution in [3.05, 3.63) is 45.2 Å². The number of nitrogens with one attached hydrogen (secondary N) is 1. The lowest BCUT2D eigenvalue weighted by Crippen LogP contribution is -2.25. The van der Waals surface area contributed by atoms with E-state index in [4.69, 9.17) is 27.9 Å². The number of imidazole rings is 1. The number of carbonyl (C=O) groups excluding carboxylic acids is 1. The number of ether oxygens (including phenoxy) is 1. The SMILES string of the molecule is Cc1nc(SCC(=O)NCc2ccc(Cl)cc2Cl)n(C[C@H]2CCCO2)c1C. The minimum absolute atomic E-state index is 0.0620. The molecule has 0 bridgehead atoms. The van der Waals surface area contributed by atoms with Crippen molar-refractivity contribution in [2.75, 3.05) is 12.4 Å². The van der Waals surface area contributed by atoms with E-state index in [9.17, 15) is 4.79 Å². The molecule has 5 nitrogen and oxygen atoms in total. The summed E-state index contributed by atoms with van der Waals surface area (Å²) in [6.07, 6.45) is 2.41. The van der Waals surface area contributed by atoms with Gasteiger partial charge in [-0.25, -0.2) is 4.98 Å². The van der Waals surface area contributed by atoms with Gasteiger partial charge in [0.2, 0.25) is 5.91 Å². The number of halogens is 2. The molecular weight excluding hydrogens is 405 g/mol. The molecule has 1 N–H and O–H groups in total. The maximum atomic E-state index is 12.3. The lowest BCUT2D eigenvalue weighted by Gasteiger charge is -2.14. The van der Waals surface area contributed by atoms with Gasteiger partial charge in [-0.2, -0.15) is 0 Å². The van der Waals surface area contributed by atoms with Crippen LogP contribution in [-0.2, 0) is 22.6 Å². The Bertz CT molecular complexity index is 820. The average Bonchev–Trinajstić information content (AvgIpc) is 3.23. The molecule has 1 aromatic carbocycles. The Morgan fingerprint density at radius 2 is 2.22 bits per heavy atom. The maximum Gasteiger partial charge on any atom is 0.230 e. The molecular formula is C19H23Cl2N3O2S. The van der Waals surface area contributed by atoms with Gasteiger partial charge in [-0.15, -0.1) is 0 Å². The van der Waals surface area contributed by atoms with E-state index in [1.54, 1.807) is 12.1 Å². The number of amides is 1. The van der Waals surface area contributed by atoms with Crippen molar-refractivity contribution in [3.8, 4) is 0 Å². The highest BCUT2D eigenvalue weighted by molar-refractivity contribution is 7.99. The summed E-state index contributed by atoms with van der Waals surface area (Å²) >= 11 is 13.5. The highest BCUT2D eigenvalue weighted by atomic mass is 35.5. The largest absolute Gasteiger partial charge is 0.376 e. The van der Waals surface area contributed by atoms with Crippen molar-refractivity contribution in [1.29, 1.82) is 0 Å². The van der Waals surface area contributed by atoms with Crippen molar-refractivity contribution in [2.24, 2.45) is 0 Å². The van der Waals surface area contributed by atoms with Crippen molar-refractivity contribution in [1.82, 2.24) is 14.9 Å². The summed E-state index contributed by atoms with van der Waals surface area (Å²) in [4.78, 5) is 16.9. The Morgan fingerprint density at radius 1 is 1.41 bits per heavy atom. The second-order valence-electron chi connectivity index (χ2n) is 6.61. The summed E-state index contributed by atoms with van der Waals surface area (Å²) in [5.41, 5.74) is 2.95. The van der Waals surface area contributed by atoms with E-state index in [0.29, 0.717) is 22.3 Å². The summed E-state index contributed by atoms with van der Waals surface area (Å²) in [5, 5.41) is 4.88. The molecule has 1 fully saturated rings. The molecule has 0 saturated carbocycles. The zero-order chi connectivity index (χ0) is 19.4. The third-order valence-corrected chi connectivity index (χ3v) is 6.22. The standard InChI is InChI=1S/C19H23Cl2N3O2S/c1-12-13(2)24(10-16-4-3-7-26-16)19(23-12)27-11-18(25)22-9-14-5-6-15(20)8-17(14)21/h5-6,8,16H,3-4,7,9-11H2,1-2H3,(H,22,25)/t16-/m1/s1. The van der Waals surface area contributed by atoms with Crippen LogP contribution in [-0.4, -0.2) is 33.9 Å². The van der Waals surface area contributed by atoms with Gasteiger partial charge in [-0.05, 0) is 44.4 Å². The van der Waals surface area contributed by atoms with Crippen molar-refractivity contribution < 1.29 is 9.53 Å². The molecule has 0 radical (unpaired) electrons. The molecule has 1 aliphatic rings. The van der Waals surface area contributed by atoms with Crippen LogP contribution in [0, 0.1) is 13.8 Å². The minimum Gasteiger partial charge on any atom is -0.376 e. The van der Waals surface area contributed by atoms with E-state index in [2.05, 4.69) is 21.8 Å². The van der Waals surface area contributed by atoms with Gasteiger partial charge >= 0.3 is 0 Å². The topological polar surface area (TPSA) is 56.2 Å². The van der Waals surface area contributed by atoms with Gasteiger partial charge in [0.05, 0.1) is 24.1 Å². The highest BCUT2D eigenvalue weighted by Gasteiger charge is 2.20. The number of thioether (sulfide) groups is 1. The van der Waals surface area contributed by atoms with Crippen LogP contribution in [0.2, 0.25) is 10.0 Å². The number of rotatable bonds is 7. The molecule has 1 atom stereocenters. The van der Waals surface area contributed by atoms with E-state index in [1.807, 2.05) is 13.0 Å². The normalized spacial score (nSPS) is 16.7. The van der Waals surface area contributed by atoms with Gasteiger partial charge in [0.15, 0.2) is 5.16 Å². The number of carbonyl (C=O) groups is 1. The summed E-state index contributed by atoms with van der Waals surface area (Å²) in [6.45, 7) is 6.04. The Kier molecular flexibility index (Phi) is 7.09. The first-order chi connectivity index (χ1) is 12.9. The number of aromatic nitrogens is 2. The van der Waals surface area contributed by atoms with Crippen LogP contribution >= 0.6 is 35.0 Å². The van der Waals surface area contributed by atoms with Gasteiger partial charge < -0.3 is 14.6 Å². The quantitative estimate of drug-likeness (QED) is 0.665. The third-order valence-electron chi connectivity index (χ3n) is 4.66. The van der Waals surface area contributed by atoms with E-state index in [0.717, 1.165) is 48.1 Å². The molecule has 1 saturated heterocycles. The molecule has 146 valence electrons. The summed E-state index contributed by atoms with van der Waals surface area (Å²) in [5.74, 6) is 0.236. The zero-order valence-corrected chi connectivity index (χ0v) is 17.8. The van der Waals surface area contributed by atoms with Crippen LogP contribution in [0.5, 0.6) is 0 Å². The van der Waals surface area contributed by atoms with Crippen LogP contribution < -0.4 is 5.32 Å². The van der Waals surface area contributed by atoms with Gasteiger partial charge in [0.1, 0.15) is 0 Å². The molecule has 27 heavy (non-hydrogen) atoms. The van der Waals surface area contributed by atoms with Crippen LogP contribution in [0.25, 0.3) is 0 Å². The molecule has 2 aromatic rings. The molecule has 1 aliphatic heterocycles. The predicted molar refractivity (Wildman–Crippen MR) is 110 cm³/mol. The second-order valence-corrected chi connectivity index (χ2v) is 8.40. The fourth-order valence-electron chi connectivity index (χ4n) is 2.98. The summed E-state index contributed by atoms with van der Waals surface area (Å²) < 4.78 is 7.92. The molecule has 1 aromatic heterocycles. The van der Waals surface area contributed by atoms with E-state index < -0.39 is 0 Å². The van der Waals surface area contributed by atoms with Crippen molar-refractivity contribution in [3.63, 3.8) is 0 Å². The fraction of sp³-hybridized carbons (Fsp3) is 0.474. The van der Waals surface area contributed by atoms with Crippen molar-refractivity contribution in [2.45, 2.75) is 51.0 Å². The highest BCUT2D eigenvalue weighted by Crippen LogP contribution is 2.24. The molecule has 3 rings (SSSR count). The maximum absolute atomic E-state index is 12.3. The first kappa shape index (κ1) is 20.5. The monoisotopic (exact) mass is 427 g/mol. The molecule has 1 amide bonds. The molecule has 0 spiro atoms. The fourth-order valence-corrected chi connectivity index (χ4v) is 4.39. The van der Waals surface area contributed by atoms with Gasteiger partial charge in [0, 0.05) is 28.9 Å². The Morgan fingerprint density at radius 3 is 2.93 bits per heavy atom. The first-order valence-corrected chi connectivity index (χ1v) is 10.7. The summed E-state index contributed by atoms with van der Waals surface area (Å²) in [6, 6.07) is 5.25. The molecule has 0 aliphatic carbocycles. The van der Waals surface area contributed by atoms with E-state index in [1.165, 1.54) is 11.8 Å². The minimum atomic E-state index is -0.0620. The van der Waals surface area contributed by atoms with Gasteiger partial charge in [-0.3, -0.25) is 4.79 Å². The van der Waals surface area contributed by atoms with Gasteiger partial charge in [0.25, 0.3) is 0 Å². The summed E-state index contributed by atoms with van der Waals surface area (Å²) in [7, 11) is 0. The average molecular weight is 428 g/mol. The van der Waals surface area contributed by atoms with Crippen LogP contribution in [0.1, 0.15) is 29.8 Å². The smallest absolute Gasteiger partial charge is 0.230 e. The van der Waals surface area contributed by atoms with Crippen molar-refractivity contribution >= 4 is 40.9 Å². The molecule has 8 heteroatoms. The first-order valence-electron chi connectivity index (χ1n) is 8.93. The van der Waals surface area contributed by atoms with E-state index in [-0.39, 0.29) is 12.0 Å². The number of hydrogen-bond donors (Lipinski definition) is 1. The van der Waals surface area contributed by atoms with Gasteiger partial charge in [-0.1, -0.05) is 41.0 Å². The molecule has 0 unspecified atom stereocenters. The number of aryl methyl sites for hydroxylation is 1. The Labute approximate surface area is 173 Å². The Balaban J connectivity index is 1.56. The van der Waals surface area contributed by atoms with E-state index >= 15 is 0 Å². The van der Waals surface area contributed by atoms with Crippen LogP contribution in [0.4, 0.5) is 0 Å². The Hall–Kier alpha value is -1.21. The molecule has 2 heterocycles.